The molecule has 2 aliphatic heterocycles. The van der Waals surface area contributed by atoms with Gasteiger partial charge in [0.05, 0.1) is 6.54 Å². The first-order valence-electron chi connectivity index (χ1n) is 4.94. The van der Waals surface area contributed by atoms with Gasteiger partial charge in [0.1, 0.15) is 12.8 Å². The highest BCUT2D eigenvalue weighted by Gasteiger charge is 2.36. The Labute approximate surface area is 86.8 Å². The number of hydrogen-bond donors (Lipinski definition) is 1. The molecule has 0 aromatic heterocycles. The maximum atomic E-state index is 11.5. The number of amides is 1. The number of nitrogens with zero attached hydrogens (tertiary/aromatic N) is 1. The zero-order valence-electron chi connectivity index (χ0n) is 8.22. The van der Waals surface area contributed by atoms with Crippen LogP contribution in [0, 0.1) is 0 Å². The van der Waals surface area contributed by atoms with Crippen LogP contribution in [0.2, 0.25) is 0 Å². The monoisotopic (exact) mass is 215 g/mol. The molecule has 2 heterocycles. The summed E-state index contributed by atoms with van der Waals surface area (Å²) in [6.07, 6.45) is 0.501. The van der Waals surface area contributed by atoms with Crippen molar-refractivity contribution < 1.29 is 24.2 Å². The van der Waals surface area contributed by atoms with E-state index < -0.39 is 12.1 Å². The lowest BCUT2D eigenvalue weighted by Crippen LogP contribution is -2.53. The Bertz CT molecular complexity index is 274. The van der Waals surface area contributed by atoms with Crippen LogP contribution in [0.15, 0.2) is 0 Å². The zero-order chi connectivity index (χ0) is 10.8. The number of carboxylic acids is 1. The molecule has 6 heteroatoms. The highest BCUT2D eigenvalue weighted by molar-refractivity contribution is 5.81. The fourth-order valence-corrected chi connectivity index (χ4v) is 1.82. The smallest absolute Gasteiger partial charge is 0.334 e. The van der Waals surface area contributed by atoms with Crippen LogP contribution in [-0.4, -0.2) is 54.0 Å². The molecule has 1 N–H and O–H groups in total. The molecule has 2 unspecified atom stereocenters. The average Bonchev–Trinajstić information content (AvgIpc) is 2.71. The number of carboxylic acid groups (broad SMARTS) is 1. The van der Waals surface area contributed by atoms with Crippen LogP contribution in [0.1, 0.15) is 12.8 Å². The van der Waals surface area contributed by atoms with Crippen molar-refractivity contribution in [1.29, 1.82) is 0 Å². The topological polar surface area (TPSA) is 76.1 Å². The zero-order valence-corrected chi connectivity index (χ0v) is 8.22. The lowest BCUT2D eigenvalue weighted by atomic mass is 10.2. The van der Waals surface area contributed by atoms with Gasteiger partial charge in [-0.3, -0.25) is 4.79 Å². The molecule has 2 aliphatic rings. The van der Waals surface area contributed by atoms with Gasteiger partial charge in [-0.15, -0.1) is 0 Å². The number of carbonyl (C=O) groups excluding carboxylic acids is 1. The highest BCUT2D eigenvalue weighted by atomic mass is 16.5. The molecule has 2 fully saturated rings. The standard InChI is InChI=1S/C9H13NO5/c11-7-5-15-6(9(12)13)4-10(7)8-2-1-3-14-8/h6,8H,1-5H2,(H,12,13). The molecule has 0 saturated carbocycles. The summed E-state index contributed by atoms with van der Waals surface area (Å²) in [7, 11) is 0. The molecule has 0 spiro atoms. The van der Waals surface area contributed by atoms with E-state index in [4.69, 9.17) is 14.6 Å². The third-order valence-corrected chi connectivity index (χ3v) is 2.62. The molecule has 0 aromatic rings. The molecule has 1 amide bonds. The number of hydrogen-bond acceptors (Lipinski definition) is 4. The molecule has 84 valence electrons. The number of rotatable bonds is 2. The van der Waals surface area contributed by atoms with Crippen LogP contribution < -0.4 is 0 Å². The predicted molar refractivity (Wildman–Crippen MR) is 48.1 cm³/mol. The fourth-order valence-electron chi connectivity index (χ4n) is 1.82. The van der Waals surface area contributed by atoms with E-state index in [9.17, 15) is 9.59 Å². The largest absolute Gasteiger partial charge is 0.479 e. The van der Waals surface area contributed by atoms with E-state index >= 15 is 0 Å². The van der Waals surface area contributed by atoms with Crippen LogP contribution >= 0.6 is 0 Å². The lowest BCUT2D eigenvalue weighted by Gasteiger charge is -2.34. The Hall–Kier alpha value is -1.14. The minimum atomic E-state index is -1.04. The van der Waals surface area contributed by atoms with Crippen molar-refractivity contribution in [2.75, 3.05) is 19.8 Å². The normalized spacial score (nSPS) is 32.0. The fraction of sp³-hybridized carbons (Fsp3) is 0.778. The van der Waals surface area contributed by atoms with Gasteiger partial charge in [0, 0.05) is 6.61 Å². The maximum Gasteiger partial charge on any atom is 0.334 e. The molecule has 0 aliphatic carbocycles. The second kappa shape index (κ2) is 4.16. The van der Waals surface area contributed by atoms with Gasteiger partial charge in [-0.1, -0.05) is 0 Å². The molecule has 0 radical (unpaired) electrons. The maximum absolute atomic E-state index is 11.5. The summed E-state index contributed by atoms with van der Waals surface area (Å²) in [4.78, 5) is 23.7. The summed E-state index contributed by atoms with van der Waals surface area (Å²) in [6, 6.07) is 0. The van der Waals surface area contributed by atoms with Crippen LogP contribution in [-0.2, 0) is 19.1 Å². The summed E-state index contributed by atoms with van der Waals surface area (Å²) in [5, 5.41) is 8.78. The second-order valence-corrected chi connectivity index (χ2v) is 3.65. The second-order valence-electron chi connectivity index (χ2n) is 3.65. The number of morpholine rings is 1. The minimum Gasteiger partial charge on any atom is -0.479 e. The van der Waals surface area contributed by atoms with E-state index in [1.165, 1.54) is 4.90 Å². The van der Waals surface area contributed by atoms with Crippen molar-refractivity contribution in [2.24, 2.45) is 0 Å². The first kappa shape index (κ1) is 10.4. The quantitative estimate of drug-likeness (QED) is 0.668. The Balaban J connectivity index is 2.01. The summed E-state index contributed by atoms with van der Waals surface area (Å²) < 4.78 is 10.2. The molecular weight excluding hydrogens is 202 g/mol. The number of carbonyl (C=O) groups is 2. The summed E-state index contributed by atoms with van der Waals surface area (Å²) in [6.45, 7) is 0.544. The van der Waals surface area contributed by atoms with Crippen LogP contribution in [0.25, 0.3) is 0 Å². The van der Waals surface area contributed by atoms with E-state index in [1.54, 1.807) is 0 Å². The molecule has 0 aromatic carbocycles. The summed E-state index contributed by atoms with van der Waals surface area (Å²) in [5.74, 6) is -1.23. The molecule has 2 saturated heterocycles. The summed E-state index contributed by atoms with van der Waals surface area (Å²) >= 11 is 0. The van der Waals surface area contributed by atoms with Crippen LogP contribution in [0.4, 0.5) is 0 Å². The number of aliphatic carboxylic acids is 1. The molecular formula is C9H13NO5. The van der Waals surface area contributed by atoms with Crippen LogP contribution in [0.5, 0.6) is 0 Å². The van der Waals surface area contributed by atoms with E-state index in [0.29, 0.717) is 6.61 Å². The molecule has 0 bridgehead atoms. The molecule has 15 heavy (non-hydrogen) atoms. The SMILES string of the molecule is O=C(O)C1CN(C2CCCO2)C(=O)CO1. The third-order valence-electron chi connectivity index (χ3n) is 2.62. The Morgan fingerprint density at radius 3 is 2.87 bits per heavy atom. The van der Waals surface area contributed by atoms with E-state index in [1.807, 2.05) is 0 Å². The van der Waals surface area contributed by atoms with E-state index in [2.05, 4.69) is 0 Å². The first-order valence-corrected chi connectivity index (χ1v) is 4.94. The van der Waals surface area contributed by atoms with E-state index in [-0.39, 0.29) is 25.3 Å². The molecule has 6 nitrogen and oxygen atoms in total. The van der Waals surface area contributed by atoms with Gasteiger partial charge in [-0.25, -0.2) is 4.79 Å². The Morgan fingerprint density at radius 2 is 2.27 bits per heavy atom. The van der Waals surface area contributed by atoms with Crippen molar-refractivity contribution in [1.82, 2.24) is 4.90 Å². The molecule has 2 atom stereocenters. The van der Waals surface area contributed by atoms with E-state index in [0.717, 1.165) is 12.8 Å². The average molecular weight is 215 g/mol. The van der Waals surface area contributed by atoms with Crippen molar-refractivity contribution in [3.63, 3.8) is 0 Å². The predicted octanol–water partition coefficient (Wildman–Crippen LogP) is -0.565. The Morgan fingerprint density at radius 1 is 1.47 bits per heavy atom. The minimum absolute atomic E-state index is 0.0822. The first-order chi connectivity index (χ1) is 7.18. The van der Waals surface area contributed by atoms with Gasteiger partial charge >= 0.3 is 5.97 Å². The van der Waals surface area contributed by atoms with Crippen molar-refractivity contribution in [3.05, 3.63) is 0 Å². The van der Waals surface area contributed by atoms with Crippen molar-refractivity contribution in [3.8, 4) is 0 Å². The van der Waals surface area contributed by atoms with Crippen molar-refractivity contribution in [2.45, 2.75) is 25.2 Å². The Kier molecular flexibility index (Phi) is 2.88. The van der Waals surface area contributed by atoms with Gasteiger partial charge in [-0.2, -0.15) is 0 Å². The van der Waals surface area contributed by atoms with Crippen molar-refractivity contribution >= 4 is 11.9 Å². The highest BCUT2D eigenvalue weighted by Crippen LogP contribution is 2.20. The van der Waals surface area contributed by atoms with Gasteiger partial charge in [0.25, 0.3) is 5.91 Å². The molecule has 2 rings (SSSR count). The third kappa shape index (κ3) is 2.10. The number of ether oxygens (including phenoxy) is 2. The van der Waals surface area contributed by atoms with Gasteiger partial charge in [0.15, 0.2) is 6.10 Å². The van der Waals surface area contributed by atoms with Gasteiger partial charge in [0.2, 0.25) is 0 Å². The van der Waals surface area contributed by atoms with Gasteiger partial charge < -0.3 is 19.5 Å². The summed E-state index contributed by atoms with van der Waals surface area (Å²) in [5.41, 5.74) is 0. The van der Waals surface area contributed by atoms with Gasteiger partial charge in [-0.05, 0) is 12.8 Å². The van der Waals surface area contributed by atoms with Crippen LogP contribution in [0.3, 0.4) is 0 Å². The lowest BCUT2D eigenvalue weighted by molar-refractivity contribution is -0.174.